The Morgan fingerprint density at radius 3 is 2.67 bits per heavy atom. The Morgan fingerprint density at radius 2 is 2.05 bits per heavy atom. The first-order chi connectivity index (χ1) is 9.80. The van der Waals surface area contributed by atoms with Gasteiger partial charge in [-0.15, -0.1) is 0 Å². The van der Waals surface area contributed by atoms with Crippen molar-refractivity contribution in [2.45, 2.75) is 32.4 Å². The smallest absolute Gasteiger partial charge is 0.241 e. The molecule has 1 aliphatic rings. The van der Waals surface area contributed by atoms with Crippen molar-refractivity contribution < 1.29 is 13.2 Å². The fourth-order valence-corrected chi connectivity index (χ4v) is 3.88. The van der Waals surface area contributed by atoms with Crippen LogP contribution in [0, 0.1) is 6.92 Å². The second-order valence-electron chi connectivity index (χ2n) is 5.65. The van der Waals surface area contributed by atoms with E-state index in [2.05, 4.69) is 0 Å². The van der Waals surface area contributed by atoms with Crippen molar-refractivity contribution in [2.75, 3.05) is 19.8 Å². The zero-order chi connectivity index (χ0) is 15.6. The lowest BCUT2D eigenvalue weighted by Crippen LogP contribution is -2.45. The number of amides is 1. The highest BCUT2D eigenvalue weighted by Gasteiger charge is 2.37. The van der Waals surface area contributed by atoms with E-state index in [-0.39, 0.29) is 5.91 Å². The van der Waals surface area contributed by atoms with Crippen LogP contribution in [0.4, 0.5) is 0 Å². The van der Waals surface area contributed by atoms with Crippen molar-refractivity contribution in [2.24, 2.45) is 0 Å². The minimum atomic E-state index is -3.33. The Morgan fingerprint density at radius 1 is 1.38 bits per heavy atom. The van der Waals surface area contributed by atoms with Gasteiger partial charge in [-0.1, -0.05) is 24.3 Å². The SMILES string of the molecule is Cc1ccccc1CN(C)C(=O)[C@@H]1CCCN1S(C)(=O)=O. The van der Waals surface area contributed by atoms with E-state index in [0.717, 1.165) is 17.5 Å². The molecule has 0 spiro atoms. The molecule has 0 aromatic heterocycles. The van der Waals surface area contributed by atoms with E-state index in [4.69, 9.17) is 0 Å². The molecule has 1 fully saturated rings. The topological polar surface area (TPSA) is 57.7 Å². The molecule has 1 heterocycles. The third-order valence-corrected chi connectivity index (χ3v) is 5.25. The molecule has 0 radical (unpaired) electrons. The molecule has 2 rings (SSSR count). The molecule has 1 atom stereocenters. The fourth-order valence-electron chi connectivity index (χ4n) is 2.76. The van der Waals surface area contributed by atoms with E-state index < -0.39 is 16.1 Å². The van der Waals surface area contributed by atoms with Crippen LogP contribution in [-0.2, 0) is 21.4 Å². The Hall–Kier alpha value is -1.40. The van der Waals surface area contributed by atoms with E-state index in [9.17, 15) is 13.2 Å². The van der Waals surface area contributed by atoms with Gasteiger partial charge in [-0.25, -0.2) is 8.42 Å². The number of benzene rings is 1. The molecule has 1 aromatic carbocycles. The first-order valence-electron chi connectivity index (χ1n) is 7.07. The molecule has 0 unspecified atom stereocenters. The van der Waals surface area contributed by atoms with Gasteiger partial charge in [0.15, 0.2) is 0 Å². The predicted molar refractivity (Wildman–Crippen MR) is 82.2 cm³/mol. The Bertz CT molecular complexity index is 628. The molecule has 0 aliphatic carbocycles. The van der Waals surface area contributed by atoms with Gasteiger partial charge in [0.2, 0.25) is 15.9 Å². The number of sulfonamides is 1. The summed E-state index contributed by atoms with van der Waals surface area (Å²) in [6.45, 7) is 2.94. The molecule has 21 heavy (non-hydrogen) atoms. The summed E-state index contributed by atoms with van der Waals surface area (Å²) in [5.74, 6) is -0.124. The summed E-state index contributed by atoms with van der Waals surface area (Å²) in [4.78, 5) is 14.2. The molecule has 116 valence electrons. The van der Waals surface area contributed by atoms with Gasteiger partial charge >= 0.3 is 0 Å². The molecular formula is C15H22N2O3S. The molecule has 1 aromatic rings. The molecular weight excluding hydrogens is 288 g/mol. The van der Waals surface area contributed by atoms with Gasteiger partial charge in [-0.3, -0.25) is 4.79 Å². The van der Waals surface area contributed by atoms with Crippen molar-refractivity contribution in [1.82, 2.24) is 9.21 Å². The lowest BCUT2D eigenvalue weighted by atomic mass is 10.1. The normalized spacial score (nSPS) is 19.7. The second kappa shape index (κ2) is 6.15. The number of hydrogen-bond donors (Lipinski definition) is 0. The number of aryl methyl sites for hydroxylation is 1. The summed E-state index contributed by atoms with van der Waals surface area (Å²) >= 11 is 0. The monoisotopic (exact) mass is 310 g/mol. The fraction of sp³-hybridized carbons (Fsp3) is 0.533. The van der Waals surface area contributed by atoms with E-state index in [1.165, 1.54) is 10.6 Å². The van der Waals surface area contributed by atoms with Crippen LogP contribution >= 0.6 is 0 Å². The van der Waals surface area contributed by atoms with Gasteiger partial charge in [0, 0.05) is 20.1 Å². The molecule has 0 bridgehead atoms. The summed E-state index contributed by atoms with van der Waals surface area (Å²) in [6, 6.07) is 7.35. The predicted octanol–water partition coefficient (Wildman–Crippen LogP) is 1.38. The lowest BCUT2D eigenvalue weighted by molar-refractivity contribution is -0.133. The molecule has 1 aliphatic heterocycles. The van der Waals surface area contributed by atoms with Gasteiger partial charge in [0.05, 0.1) is 6.26 Å². The summed E-state index contributed by atoms with van der Waals surface area (Å²) in [5.41, 5.74) is 2.21. The van der Waals surface area contributed by atoms with Gasteiger partial charge < -0.3 is 4.90 Å². The van der Waals surface area contributed by atoms with Gasteiger partial charge in [-0.05, 0) is 30.9 Å². The van der Waals surface area contributed by atoms with Crippen molar-refractivity contribution in [3.63, 3.8) is 0 Å². The minimum Gasteiger partial charge on any atom is -0.340 e. The maximum atomic E-state index is 12.5. The van der Waals surface area contributed by atoms with E-state index in [0.29, 0.717) is 19.5 Å². The van der Waals surface area contributed by atoms with Crippen LogP contribution in [0.2, 0.25) is 0 Å². The third kappa shape index (κ3) is 3.63. The van der Waals surface area contributed by atoms with Crippen LogP contribution in [0.1, 0.15) is 24.0 Å². The zero-order valence-corrected chi connectivity index (χ0v) is 13.6. The van der Waals surface area contributed by atoms with Gasteiger partial charge in [-0.2, -0.15) is 4.31 Å². The number of carbonyl (C=O) groups excluding carboxylic acids is 1. The Balaban J connectivity index is 2.11. The third-order valence-electron chi connectivity index (χ3n) is 3.96. The Labute approximate surface area is 126 Å². The van der Waals surface area contributed by atoms with Gasteiger partial charge in [0.25, 0.3) is 0 Å². The van der Waals surface area contributed by atoms with E-state index >= 15 is 0 Å². The number of carbonyl (C=O) groups is 1. The number of nitrogens with zero attached hydrogens (tertiary/aromatic N) is 2. The Kier molecular flexibility index (Phi) is 4.68. The van der Waals surface area contributed by atoms with E-state index in [1.54, 1.807) is 11.9 Å². The second-order valence-corrected chi connectivity index (χ2v) is 7.59. The molecule has 0 saturated carbocycles. The average Bonchev–Trinajstić information content (AvgIpc) is 2.89. The molecule has 1 amide bonds. The quantitative estimate of drug-likeness (QED) is 0.844. The van der Waals surface area contributed by atoms with Crippen LogP contribution < -0.4 is 0 Å². The standard InChI is InChI=1S/C15H22N2O3S/c1-12-7-4-5-8-13(12)11-16(2)15(18)14-9-6-10-17(14)21(3,19)20/h4-5,7-8,14H,6,9-11H2,1-3H3/t14-/m0/s1. The zero-order valence-electron chi connectivity index (χ0n) is 12.7. The summed E-state index contributed by atoms with van der Waals surface area (Å²) in [5, 5.41) is 0. The maximum absolute atomic E-state index is 12.5. The number of rotatable bonds is 4. The van der Waals surface area contributed by atoms with Crippen molar-refractivity contribution in [3.05, 3.63) is 35.4 Å². The number of hydrogen-bond acceptors (Lipinski definition) is 3. The lowest BCUT2D eigenvalue weighted by Gasteiger charge is -2.26. The molecule has 0 N–H and O–H groups in total. The molecule has 5 nitrogen and oxygen atoms in total. The van der Waals surface area contributed by atoms with Crippen molar-refractivity contribution in [1.29, 1.82) is 0 Å². The van der Waals surface area contributed by atoms with Crippen LogP contribution in [0.15, 0.2) is 24.3 Å². The highest BCUT2D eigenvalue weighted by atomic mass is 32.2. The number of likely N-dealkylation sites (N-methyl/N-ethyl adjacent to an activating group) is 1. The van der Waals surface area contributed by atoms with Crippen LogP contribution in [0.3, 0.4) is 0 Å². The van der Waals surface area contributed by atoms with Crippen molar-refractivity contribution >= 4 is 15.9 Å². The summed E-state index contributed by atoms with van der Waals surface area (Å²) in [6.07, 6.45) is 2.51. The average molecular weight is 310 g/mol. The minimum absolute atomic E-state index is 0.124. The summed E-state index contributed by atoms with van der Waals surface area (Å²) < 4.78 is 24.8. The highest BCUT2D eigenvalue weighted by molar-refractivity contribution is 7.88. The van der Waals surface area contributed by atoms with Crippen LogP contribution in [-0.4, -0.2) is 49.4 Å². The van der Waals surface area contributed by atoms with E-state index in [1.807, 2.05) is 31.2 Å². The first-order valence-corrected chi connectivity index (χ1v) is 8.92. The van der Waals surface area contributed by atoms with Gasteiger partial charge in [0.1, 0.15) is 6.04 Å². The van der Waals surface area contributed by atoms with Crippen LogP contribution in [0.5, 0.6) is 0 Å². The maximum Gasteiger partial charge on any atom is 0.241 e. The van der Waals surface area contributed by atoms with Crippen LogP contribution in [0.25, 0.3) is 0 Å². The largest absolute Gasteiger partial charge is 0.340 e. The molecule has 1 saturated heterocycles. The van der Waals surface area contributed by atoms with Crippen molar-refractivity contribution in [3.8, 4) is 0 Å². The summed E-state index contributed by atoms with van der Waals surface area (Å²) in [7, 11) is -1.60. The first kappa shape index (κ1) is 16.0. The molecule has 6 heteroatoms. The highest BCUT2D eigenvalue weighted by Crippen LogP contribution is 2.22.